The van der Waals surface area contributed by atoms with E-state index in [0.29, 0.717) is 35.4 Å². The Labute approximate surface area is 214 Å². The molecule has 0 spiro atoms. The number of alkyl halides is 3. The van der Waals surface area contributed by atoms with Crippen LogP contribution in [0.4, 0.5) is 18.9 Å². The number of aryl methyl sites for hydroxylation is 2. The molecular formula is C27H33F3N6O. The zero-order valence-corrected chi connectivity index (χ0v) is 21.9. The Morgan fingerprint density at radius 3 is 2.49 bits per heavy atom. The molecule has 10 heteroatoms. The second-order valence-electron chi connectivity index (χ2n) is 9.88. The standard InChI is InChI=1S/C27H33F3N6O/c1-6-19-15-36(23-13-25(37)33(5)24-16-34(11-10-31)32-26(23)24)20(7-2)14-35(19)18(4)21-9-8-17(3)12-22(21)27(28,29)30/h8-9,12-13,16,18-20H,6-7,11,14-15H2,1-5H3/t18?,19-,20+/m1/s1. The fourth-order valence-electron chi connectivity index (χ4n) is 5.53. The molecule has 1 aromatic carbocycles. The van der Waals surface area contributed by atoms with Crippen LogP contribution in [0.25, 0.3) is 11.0 Å². The number of piperazine rings is 1. The number of hydrogen-bond donors (Lipinski definition) is 0. The monoisotopic (exact) mass is 514 g/mol. The van der Waals surface area contributed by atoms with Gasteiger partial charge in [0.1, 0.15) is 12.1 Å². The summed E-state index contributed by atoms with van der Waals surface area (Å²) in [5.74, 6) is 0. The number of hydrogen-bond acceptors (Lipinski definition) is 5. The fraction of sp³-hybridized carbons (Fsp3) is 0.519. The van der Waals surface area contributed by atoms with Gasteiger partial charge in [0.25, 0.3) is 5.56 Å². The first kappa shape index (κ1) is 26.7. The summed E-state index contributed by atoms with van der Waals surface area (Å²) < 4.78 is 44.9. The van der Waals surface area contributed by atoms with Gasteiger partial charge in [0.15, 0.2) is 0 Å². The van der Waals surface area contributed by atoms with Crippen LogP contribution in [0.3, 0.4) is 0 Å². The highest BCUT2D eigenvalue weighted by molar-refractivity contribution is 5.88. The van der Waals surface area contributed by atoms with Crippen molar-refractivity contribution in [2.75, 3.05) is 18.0 Å². The predicted octanol–water partition coefficient (Wildman–Crippen LogP) is 5.03. The van der Waals surface area contributed by atoms with E-state index in [2.05, 4.69) is 21.0 Å². The van der Waals surface area contributed by atoms with Crippen LogP contribution in [0.15, 0.2) is 35.3 Å². The summed E-state index contributed by atoms with van der Waals surface area (Å²) in [6.07, 6.45) is -1.24. The lowest BCUT2D eigenvalue weighted by Crippen LogP contribution is -2.59. The third-order valence-electron chi connectivity index (χ3n) is 7.62. The normalized spacial score (nSPS) is 19.8. The highest BCUT2D eigenvalue weighted by Crippen LogP contribution is 2.40. The first-order valence-corrected chi connectivity index (χ1v) is 12.6. The molecule has 198 valence electrons. The Morgan fingerprint density at radius 1 is 1.16 bits per heavy atom. The van der Waals surface area contributed by atoms with E-state index in [9.17, 15) is 18.0 Å². The van der Waals surface area contributed by atoms with Crippen molar-refractivity contribution >= 4 is 16.7 Å². The number of rotatable bonds is 6. The SMILES string of the molecule is CC[C@H]1CN(C(C)c2ccc(C)cc2C(F)(F)F)[C@H](CC)CN1c1cc(=O)n(C)c2cn(CC#N)nc12. The second-order valence-corrected chi connectivity index (χ2v) is 9.88. The van der Waals surface area contributed by atoms with Crippen molar-refractivity contribution in [1.29, 1.82) is 5.26 Å². The zero-order valence-electron chi connectivity index (χ0n) is 21.9. The lowest BCUT2D eigenvalue weighted by Gasteiger charge is -2.49. The van der Waals surface area contributed by atoms with Crippen molar-refractivity contribution in [3.63, 3.8) is 0 Å². The Morgan fingerprint density at radius 2 is 1.86 bits per heavy atom. The third kappa shape index (κ3) is 4.97. The molecule has 0 bridgehead atoms. The van der Waals surface area contributed by atoms with E-state index in [1.165, 1.54) is 15.3 Å². The first-order valence-electron chi connectivity index (χ1n) is 12.6. The van der Waals surface area contributed by atoms with Gasteiger partial charge >= 0.3 is 6.18 Å². The molecular weight excluding hydrogens is 481 g/mol. The minimum absolute atomic E-state index is 0.0264. The molecule has 37 heavy (non-hydrogen) atoms. The van der Waals surface area contributed by atoms with Gasteiger partial charge in [0, 0.05) is 44.3 Å². The highest BCUT2D eigenvalue weighted by Gasteiger charge is 2.40. The summed E-state index contributed by atoms with van der Waals surface area (Å²) in [5.41, 5.74) is 2.10. The van der Waals surface area contributed by atoms with E-state index in [1.54, 1.807) is 38.4 Å². The van der Waals surface area contributed by atoms with Crippen molar-refractivity contribution in [1.82, 2.24) is 19.2 Å². The Balaban J connectivity index is 1.75. The topological polar surface area (TPSA) is 70.1 Å². The maximum absolute atomic E-state index is 13.9. The summed E-state index contributed by atoms with van der Waals surface area (Å²) in [4.78, 5) is 17.2. The molecule has 3 atom stereocenters. The molecule has 3 aromatic rings. The van der Waals surface area contributed by atoms with Crippen LogP contribution in [0.2, 0.25) is 0 Å². The Kier molecular flexibility index (Phi) is 7.38. The molecule has 3 heterocycles. The lowest BCUT2D eigenvalue weighted by molar-refractivity contribution is -0.139. The number of nitrogens with zero attached hydrogens (tertiary/aromatic N) is 6. The smallest absolute Gasteiger partial charge is 0.364 e. The average molecular weight is 515 g/mol. The third-order valence-corrected chi connectivity index (χ3v) is 7.62. The first-order chi connectivity index (χ1) is 17.5. The van der Waals surface area contributed by atoms with Crippen molar-refractivity contribution in [2.24, 2.45) is 7.05 Å². The minimum Gasteiger partial charge on any atom is -0.364 e. The average Bonchev–Trinajstić information content (AvgIpc) is 3.29. The molecule has 4 rings (SSSR count). The molecule has 1 fully saturated rings. The van der Waals surface area contributed by atoms with E-state index in [4.69, 9.17) is 5.26 Å². The molecule has 0 amide bonds. The van der Waals surface area contributed by atoms with Gasteiger partial charge < -0.3 is 9.47 Å². The van der Waals surface area contributed by atoms with Crippen LogP contribution in [-0.4, -0.2) is 44.4 Å². The number of aromatic nitrogens is 3. The number of halogens is 3. The zero-order chi connectivity index (χ0) is 27.1. The summed E-state index contributed by atoms with van der Waals surface area (Å²) in [6, 6.07) is 7.75. The van der Waals surface area contributed by atoms with Gasteiger partial charge in [-0.2, -0.15) is 23.5 Å². The fourth-order valence-corrected chi connectivity index (χ4v) is 5.53. The summed E-state index contributed by atoms with van der Waals surface area (Å²) >= 11 is 0. The maximum Gasteiger partial charge on any atom is 0.416 e. The van der Waals surface area contributed by atoms with E-state index in [0.717, 1.165) is 12.8 Å². The molecule has 0 N–H and O–H groups in total. The number of fused-ring (bicyclic) bond motifs is 1. The van der Waals surface area contributed by atoms with Crippen molar-refractivity contribution in [3.05, 3.63) is 57.5 Å². The molecule has 0 aliphatic carbocycles. The predicted molar refractivity (Wildman–Crippen MR) is 137 cm³/mol. The van der Waals surface area contributed by atoms with Crippen LogP contribution in [0.1, 0.15) is 56.3 Å². The molecule has 1 aliphatic rings. The highest BCUT2D eigenvalue weighted by atomic mass is 19.4. The molecule has 1 saturated heterocycles. The van der Waals surface area contributed by atoms with Crippen molar-refractivity contribution < 1.29 is 13.2 Å². The van der Waals surface area contributed by atoms with Gasteiger partial charge in [-0.25, -0.2) is 0 Å². The molecule has 1 unspecified atom stereocenters. The minimum atomic E-state index is -4.43. The molecule has 0 saturated carbocycles. The lowest BCUT2D eigenvalue weighted by atomic mass is 9.93. The van der Waals surface area contributed by atoms with Gasteiger partial charge in [-0.1, -0.05) is 31.5 Å². The number of benzene rings is 1. The van der Waals surface area contributed by atoms with Crippen molar-refractivity contribution in [2.45, 2.75) is 71.4 Å². The summed E-state index contributed by atoms with van der Waals surface area (Å²) in [7, 11) is 1.68. The van der Waals surface area contributed by atoms with Gasteiger partial charge in [0.05, 0.1) is 29.0 Å². The molecule has 1 aliphatic heterocycles. The van der Waals surface area contributed by atoms with Crippen molar-refractivity contribution in [3.8, 4) is 6.07 Å². The Hall–Kier alpha value is -3.32. The molecule has 0 radical (unpaired) electrons. The molecule has 7 nitrogen and oxygen atoms in total. The molecule has 2 aromatic heterocycles. The summed E-state index contributed by atoms with van der Waals surface area (Å²) in [6.45, 7) is 8.79. The van der Waals surface area contributed by atoms with Crippen LogP contribution in [0, 0.1) is 18.3 Å². The van der Waals surface area contributed by atoms with Gasteiger partial charge in [-0.15, -0.1) is 0 Å². The van der Waals surface area contributed by atoms with E-state index in [-0.39, 0.29) is 29.8 Å². The summed E-state index contributed by atoms with van der Waals surface area (Å²) in [5, 5.41) is 13.7. The number of nitriles is 1. The van der Waals surface area contributed by atoms with Crippen LogP contribution < -0.4 is 10.5 Å². The van der Waals surface area contributed by atoms with Crippen LogP contribution in [0.5, 0.6) is 0 Å². The van der Waals surface area contributed by atoms with Crippen LogP contribution >= 0.6 is 0 Å². The quantitative estimate of drug-likeness (QED) is 0.462. The number of pyridine rings is 1. The van der Waals surface area contributed by atoms with Crippen LogP contribution in [-0.2, 0) is 19.8 Å². The van der Waals surface area contributed by atoms with E-state index >= 15 is 0 Å². The largest absolute Gasteiger partial charge is 0.416 e. The van der Waals surface area contributed by atoms with Gasteiger partial charge in [-0.05, 0) is 38.3 Å². The van der Waals surface area contributed by atoms with Gasteiger partial charge in [0.2, 0.25) is 0 Å². The maximum atomic E-state index is 13.9. The van der Waals surface area contributed by atoms with Gasteiger partial charge in [-0.3, -0.25) is 14.4 Å². The number of anilines is 1. The van der Waals surface area contributed by atoms with E-state index < -0.39 is 17.8 Å². The second kappa shape index (κ2) is 10.2. The van der Waals surface area contributed by atoms with E-state index in [1.807, 2.05) is 20.8 Å². The Bertz CT molecular complexity index is 1390.